The summed E-state index contributed by atoms with van der Waals surface area (Å²) in [7, 11) is 1.78. The van der Waals surface area contributed by atoms with Gasteiger partial charge in [0.1, 0.15) is 0 Å². The van der Waals surface area contributed by atoms with Crippen LogP contribution in [0.2, 0.25) is 5.02 Å². The lowest BCUT2D eigenvalue weighted by Gasteiger charge is -2.19. The van der Waals surface area contributed by atoms with E-state index in [1.807, 2.05) is 0 Å². The quantitative estimate of drug-likeness (QED) is 0.847. The van der Waals surface area contributed by atoms with Gasteiger partial charge in [0.2, 0.25) is 6.79 Å². The lowest BCUT2D eigenvalue weighted by atomic mass is 10.1. The van der Waals surface area contributed by atoms with Crippen molar-refractivity contribution in [3.8, 4) is 11.5 Å². The Labute approximate surface area is 111 Å². The van der Waals surface area contributed by atoms with E-state index in [1.165, 1.54) is 0 Å². The molecule has 0 fully saturated rings. The van der Waals surface area contributed by atoms with E-state index < -0.39 is 0 Å². The number of carbonyl (C=O) groups excluding carboxylic acids is 1. The molecular formula is C13H16ClNO3. The molecule has 1 aromatic rings. The molecular weight excluding hydrogens is 254 g/mol. The number of hydrogen-bond acceptors (Lipinski definition) is 3. The normalized spacial score (nSPS) is 12.9. The van der Waals surface area contributed by atoms with Crippen molar-refractivity contribution >= 4 is 17.5 Å². The van der Waals surface area contributed by atoms with Crippen LogP contribution in [0.4, 0.5) is 0 Å². The Morgan fingerprint density at radius 3 is 2.83 bits per heavy atom. The molecule has 4 nitrogen and oxygen atoms in total. The van der Waals surface area contributed by atoms with Crippen LogP contribution in [0.3, 0.4) is 0 Å². The number of nitrogens with zero attached hydrogens (tertiary/aromatic N) is 1. The fourth-order valence-electron chi connectivity index (χ4n) is 1.94. The zero-order valence-electron chi connectivity index (χ0n) is 10.7. The van der Waals surface area contributed by atoms with Gasteiger partial charge in [-0.15, -0.1) is 0 Å². The van der Waals surface area contributed by atoms with E-state index in [-0.39, 0.29) is 12.7 Å². The standard InChI is InChI=1S/C13H16ClNO3/c1-8(2)6-15(3)13(16)9-4-10(14)12-11(5-9)17-7-18-12/h4-5,8H,6-7H2,1-3H3. The second kappa shape index (κ2) is 5.06. The second-order valence-corrected chi connectivity index (χ2v) is 5.18. The van der Waals surface area contributed by atoms with Gasteiger partial charge in [-0.25, -0.2) is 0 Å². The highest BCUT2D eigenvalue weighted by molar-refractivity contribution is 6.32. The summed E-state index contributed by atoms with van der Waals surface area (Å²) >= 11 is 6.05. The van der Waals surface area contributed by atoms with Gasteiger partial charge in [0.05, 0.1) is 5.02 Å². The topological polar surface area (TPSA) is 38.8 Å². The molecule has 1 aliphatic heterocycles. The number of hydrogen-bond donors (Lipinski definition) is 0. The van der Waals surface area contributed by atoms with Gasteiger partial charge in [-0.2, -0.15) is 0 Å². The monoisotopic (exact) mass is 269 g/mol. The van der Waals surface area contributed by atoms with Crippen LogP contribution < -0.4 is 9.47 Å². The minimum absolute atomic E-state index is 0.0658. The first-order valence-corrected chi connectivity index (χ1v) is 6.21. The fraction of sp³-hybridized carbons (Fsp3) is 0.462. The van der Waals surface area contributed by atoms with Gasteiger partial charge < -0.3 is 14.4 Å². The van der Waals surface area contributed by atoms with Crippen molar-refractivity contribution in [2.24, 2.45) is 5.92 Å². The lowest BCUT2D eigenvalue weighted by Crippen LogP contribution is -2.30. The maximum absolute atomic E-state index is 12.2. The van der Waals surface area contributed by atoms with Crippen molar-refractivity contribution in [3.05, 3.63) is 22.7 Å². The zero-order chi connectivity index (χ0) is 13.3. The molecule has 98 valence electrons. The number of carbonyl (C=O) groups is 1. The van der Waals surface area contributed by atoms with Crippen LogP contribution in [-0.2, 0) is 0 Å². The van der Waals surface area contributed by atoms with Gasteiger partial charge in [0, 0.05) is 19.2 Å². The highest BCUT2D eigenvalue weighted by atomic mass is 35.5. The summed E-state index contributed by atoms with van der Waals surface area (Å²) in [6.45, 7) is 4.98. The average Bonchev–Trinajstić information content (AvgIpc) is 2.75. The first-order valence-electron chi connectivity index (χ1n) is 5.83. The van der Waals surface area contributed by atoms with Gasteiger partial charge >= 0.3 is 0 Å². The molecule has 0 saturated heterocycles. The molecule has 0 aliphatic carbocycles. The van der Waals surface area contributed by atoms with E-state index in [1.54, 1.807) is 24.1 Å². The summed E-state index contributed by atoms with van der Waals surface area (Å²) in [5.41, 5.74) is 0.521. The molecule has 0 saturated carbocycles. The molecule has 1 heterocycles. The number of halogens is 1. The van der Waals surface area contributed by atoms with Crippen molar-refractivity contribution in [2.45, 2.75) is 13.8 Å². The van der Waals surface area contributed by atoms with Gasteiger partial charge in [0.25, 0.3) is 5.91 Å². The SMILES string of the molecule is CC(C)CN(C)C(=O)c1cc(Cl)c2c(c1)OCO2. The van der Waals surface area contributed by atoms with Crippen LogP contribution in [0, 0.1) is 5.92 Å². The summed E-state index contributed by atoms with van der Waals surface area (Å²) in [6.07, 6.45) is 0. The third kappa shape index (κ3) is 2.53. The van der Waals surface area contributed by atoms with Crippen molar-refractivity contribution in [2.75, 3.05) is 20.4 Å². The van der Waals surface area contributed by atoms with Gasteiger partial charge in [-0.3, -0.25) is 4.79 Å². The molecule has 1 aromatic carbocycles. The summed E-state index contributed by atoms with van der Waals surface area (Å²) < 4.78 is 10.5. The van der Waals surface area contributed by atoms with Gasteiger partial charge in [-0.1, -0.05) is 25.4 Å². The number of fused-ring (bicyclic) bond motifs is 1. The highest BCUT2D eigenvalue weighted by Crippen LogP contribution is 2.39. The average molecular weight is 270 g/mol. The molecule has 18 heavy (non-hydrogen) atoms. The van der Waals surface area contributed by atoms with Crippen LogP contribution in [0.5, 0.6) is 11.5 Å². The Hall–Kier alpha value is -1.42. The molecule has 0 spiro atoms. The predicted molar refractivity (Wildman–Crippen MR) is 69.4 cm³/mol. The van der Waals surface area contributed by atoms with E-state index in [2.05, 4.69) is 13.8 Å². The number of benzene rings is 1. The van der Waals surface area contributed by atoms with Crippen LogP contribution in [0.25, 0.3) is 0 Å². The first kappa shape index (κ1) is 13.0. The zero-order valence-corrected chi connectivity index (χ0v) is 11.5. The van der Waals surface area contributed by atoms with Gasteiger partial charge in [-0.05, 0) is 18.1 Å². The van der Waals surface area contributed by atoms with Gasteiger partial charge in [0.15, 0.2) is 11.5 Å². The molecule has 2 rings (SSSR count). The van der Waals surface area contributed by atoms with E-state index in [4.69, 9.17) is 21.1 Å². The largest absolute Gasteiger partial charge is 0.454 e. The molecule has 0 atom stereocenters. The Balaban J connectivity index is 2.24. The molecule has 0 aromatic heterocycles. The number of rotatable bonds is 3. The summed E-state index contributed by atoms with van der Waals surface area (Å²) in [5, 5.41) is 0.409. The van der Waals surface area contributed by atoms with Crippen LogP contribution in [-0.4, -0.2) is 31.2 Å². The summed E-state index contributed by atoms with van der Waals surface area (Å²) in [5.74, 6) is 1.40. The molecule has 0 N–H and O–H groups in total. The van der Waals surface area contributed by atoms with E-state index in [0.29, 0.717) is 34.5 Å². The lowest BCUT2D eigenvalue weighted by molar-refractivity contribution is 0.0778. The number of ether oxygens (including phenoxy) is 2. The molecule has 5 heteroatoms. The third-order valence-corrected chi connectivity index (χ3v) is 2.94. The molecule has 0 unspecified atom stereocenters. The minimum atomic E-state index is -0.0658. The van der Waals surface area contributed by atoms with Crippen LogP contribution in [0.15, 0.2) is 12.1 Å². The Kier molecular flexibility index (Phi) is 3.66. The molecule has 0 bridgehead atoms. The van der Waals surface area contributed by atoms with Crippen molar-refractivity contribution in [3.63, 3.8) is 0 Å². The van der Waals surface area contributed by atoms with E-state index in [9.17, 15) is 4.79 Å². The number of amides is 1. The van der Waals surface area contributed by atoms with Crippen LogP contribution in [0.1, 0.15) is 24.2 Å². The summed E-state index contributed by atoms with van der Waals surface area (Å²) in [6, 6.07) is 3.29. The molecule has 1 amide bonds. The molecule has 0 radical (unpaired) electrons. The Morgan fingerprint density at radius 2 is 2.17 bits per heavy atom. The minimum Gasteiger partial charge on any atom is -0.454 e. The van der Waals surface area contributed by atoms with Crippen LogP contribution >= 0.6 is 11.6 Å². The highest BCUT2D eigenvalue weighted by Gasteiger charge is 2.22. The van der Waals surface area contributed by atoms with E-state index >= 15 is 0 Å². The Bertz CT molecular complexity index is 474. The summed E-state index contributed by atoms with van der Waals surface area (Å²) in [4.78, 5) is 13.9. The third-order valence-electron chi connectivity index (χ3n) is 2.66. The smallest absolute Gasteiger partial charge is 0.253 e. The second-order valence-electron chi connectivity index (χ2n) is 4.77. The van der Waals surface area contributed by atoms with Crippen molar-refractivity contribution < 1.29 is 14.3 Å². The maximum Gasteiger partial charge on any atom is 0.253 e. The maximum atomic E-state index is 12.2. The predicted octanol–water partition coefficient (Wildman–Crippen LogP) is 2.80. The van der Waals surface area contributed by atoms with E-state index in [0.717, 1.165) is 0 Å². The first-order chi connectivity index (χ1) is 8.49. The Morgan fingerprint density at radius 1 is 1.44 bits per heavy atom. The fourth-order valence-corrected chi connectivity index (χ4v) is 2.21. The van der Waals surface area contributed by atoms with Crippen molar-refractivity contribution in [1.82, 2.24) is 4.90 Å². The van der Waals surface area contributed by atoms with Crippen molar-refractivity contribution in [1.29, 1.82) is 0 Å². The molecule has 1 aliphatic rings.